The average molecular weight is 435 g/mol. The summed E-state index contributed by atoms with van der Waals surface area (Å²) >= 11 is 0. The second-order valence-corrected chi connectivity index (χ2v) is 8.11. The lowest BCUT2D eigenvalue weighted by Gasteiger charge is -2.38. The van der Waals surface area contributed by atoms with Crippen molar-refractivity contribution in [3.63, 3.8) is 0 Å². The van der Waals surface area contributed by atoms with Gasteiger partial charge in [0.25, 0.3) is 5.82 Å². The zero-order chi connectivity index (χ0) is 23.0. The van der Waals surface area contributed by atoms with Crippen molar-refractivity contribution >= 4 is 16.7 Å². The van der Waals surface area contributed by atoms with E-state index in [1.807, 2.05) is 0 Å². The van der Waals surface area contributed by atoms with Gasteiger partial charge in [0.1, 0.15) is 17.8 Å². The molecule has 0 fully saturated rings. The van der Waals surface area contributed by atoms with E-state index in [0.717, 1.165) is 12.1 Å². The van der Waals surface area contributed by atoms with Crippen LogP contribution in [0.5, 0.6) is 5.75 Å². The zero-order valence-corrected chi connectivity index (χ0v) is 17.1. The van der Waals surface area contributed by atoms with Gasteiger partial charge in [-0.25, -0.2) is 4.39 Å². The average Bonchev–Trinajstić information content (AvgIpc) is 3.08. The topological polar surface area (TPSA) is 62.5 Å². The number of rotatable bonds is 6. The number of nitrogens with one attached hydrogen (secondary N) is 1. The molecule has 0 saturated heterocycles. The van der Waals surface area contributed by atoms with Crippen LogP contribution in [-0.4, -0.2) is 34.0 Å². The van der Waals surface area contributed by atoms with E-state index in [0.29, 0.717) is 10.9 Å². The number of ether oxygens (including phenoxy) is 1. The maximum Gasteiger partial charge on any atom is 0.417 e. The summed E-state index contributed by atoms with van der Waals surface area (Å²) in [4.78, 5) is 10.00. The lowest BCUT2D eigenvalue weighted by atomic mass is 9.73. The summed E-state index contributed by atoms with van der Waals surface area (Å²) in [5.74, 6) is -0.330. The summed E-state index contributed by atoms with van der Waals surface area (Å²) in [5, 5.41) is 11.2. The normalized spacial score (nSPS) is 14.3. The van der Waals surface area contributed by atoms with E-state index in [2.05, 4.69) is 14.8 Å². The molecule has 2 N–H and O–H groups in total. The van der Waals surface area contributed by atoms with Crippen LogP contribution in [0.2, 0.25) is 0 Å². The van der Waals surface area contributed by atoms with Crippen LogP contribution in [0.25, 0.3) is 15.7 Å². The molecule has 1 aromatic carbocycles. The largest absolute Gasteiger partial charge is 0.496 e. The number of aromatic nitrogens is 2. The van der Waals surface area contributed by atoms with Gasteiger partial charge in [0, 0.05) is 34.6 Å². The van der Waals surface area contributed by atoms with Crippen molar-refractivity contribution in [2.45, 2.75) is 43.9 Å². The molecule has 5 nitrogen and oxygen atoms in total. The van der Waals surface area contributed by atoms with Gasteiger partial charge in [-0.2, -0.15) is 13.2 Å². The fourth-order valence-electron chi connectivity index (χ4n) is 3.89. The number of hydrogen-bond acceptors (Lipinski definition) is 3. The molecule has 31 heavy (non-hydrogen) atoms. The highest BCUT2D eigenvalue weighted by Gasteiger charge is 2.56. The Morgan fingerprint density at radius 3 is 2.52 bits per heavy atom. The Hall–Kier alpha value is -3.12. The summed E-state index contributed by atoms with van der Waals surface area (Å²) in [6.07, 6.45) is -5.11. The highest BCUT2D eigenvalue weighted by atomic mass is 19.4. The van der Waals surface area contributed by atoms with E-state index >= 15 is 0 Å². The van der Waals surface area contributed by atoms with E-state index < -0.39 is 35.9 Å². The minimum atomic E-state index is -4.97. The number of alkyl halides is 3. The van der Waals surface area contributed by atoms with Crippen LogP contribution in [0.1, 0.15) is 31.5 Å². The third-order valence-electron chi connectivity index (χ3n) is 5.32. The molecule has 1 unspecified atom stereocenters. The number of halogens is 4. The van der Waals surface area contributed by atoms with Gasteiger partial charge in [-0.3, -0.25) is 0 Å². The molecule has 0 spiro atoms. The van der Waals surface area contributed by atoms with Crippen molar-refractivity contribution in [2.75, 3.05) is 7.11 Å². The molecule has 3 rings (SSSR count). The monoisotopic (exact) mass is 435 g/mol. The number of fused-ring (bicyclic) bond motifs is 1. The summed E-state index contributed by atoms with van der Waals surface area (Å²) in [7, 11) is 1.34. The first-order valence-electron chi connectivity index (χ1n) is 9.37. The highest BCUT2D eigenvalue weighted by molar-refractivity contribution is 5.90. The minimum absolute atomic E-state index is 0.0559. The molecular formula is C22H21F4N3O2. The SMILES string of the molecule is [C-]#[N+]c1nccc2[nH]c(CC(O)(CC(C)(C)c3cc(F)ccc3OC)C(F)(F)F)cc12. The van der Waals surface area contributed by atoms with Gasteiger partial charge in [0.05, 0.1) is 7.11 Å². The quantitative estimate of drug-likeness (QED) is 0.399. The Morgan fingerprint density at radius 1 is 1.19 bits per heavy atom. The predicted octanol–water partition coefficient (Wildman–Crippen LogP) is 5.47. The highest BCUT2D eigenvalue weighted by Crippen LogP contribution is 2.45. The number of methoxy groups -OCH3 is 1. The molecule has 1 atom stereocenters. The number of benzene rings is 1. The third-order valence-corrected chi connectivity index (χ3v) is 5.32. The fourth-order valence-corrected chi connectivity index (χ4v) is 3.89. The van der Waals surface area contributed by atoms with Gasteiger partial charge < -0.3 is 19.7 Å². The first-order chi connectivity index (χ1) is 14.4. The second kappa shape index (κ2) is 7.85. The Morgan fingerprint density at radius 2 is 1.90 bits per heavy atom. The Bertz CT molecular complexity index is 1150. The number of pyridine rings is 1. The molecule has 0 aliphatic heterocycles. The van der Waals surface area contributed by atoms with Crippen LogP contribution in [0.3, 0.4) is 0 Å². The van der Waals surface area contributed by atoms with Crippen LogP contribution in [0.15, 0.2) is 36.5 Å². The van der Waals surface area contributed by atoms with Crippen molar-refractivity contribution in [3.05, 3.63) is 65.0 Å². The maximum atomic E-state index is 14.1. The molecule has 0 aliphatic rings. The van der Waals surface area contributed by atoms with Gasteiger partial charge in [-0.15, -0.1) is 4.98 Å². The lowest BCUT2D eigenvalue weighted by Crippen LogP contribution is -2.51. The van der Waals surface area contributed by atoms with Crippen molar-refractivity contribution in [1.82, 2.24) is 9.97 Å². The molecule has 0 bridgehead atoms. The van der Waals surface area contributed by atoms with E-state index in [4.69, 9.17) is 11.3 Å². The molecule has 164 valence electrons. The lowest BCUT2D eigenvalue weighted by molar-refractivity contribution is -0.266. The van der Waals surface area contributed by atoms with Crippen LogP contribution >= 0.6 is 0 Å². The molecular weight excluding hydrogens is 414 g/mol. The van der Waals surface area contributed by atoms with Gasteiger partial charge in [0.2, 0.25) is 0 Å². The standard InChI is InChI=1S/C22H21F4N3O2/c1-20(2,16-9-13(23)5-6-18(16)31-4)12-21(30,22(24,25)26)11-14-10-15-17(29-14)7-8-28-19(15)27-3/h5-10,29-30H,11-12H2,1-2,4H3. The van der Waals surface area contributed by atoms with Crippen LogP contribution in [0, 0.1) is 12.4 Å². The summed E-state index contributed by atoms with van der Waals surface area (Å²) in [5.41, 5.74) is -3.64. The Labute approximate surface area is 176 Å². The second-order valence-electron chi connectivity index (χ2n) is 8.11. The zero-order valence-electron chi connectivity index (χ0n) is 17.1. The third kappa shape index (κ3) is 4.35. The van der Waals surface area contributed by atoms with Gasteiger partial charge in [0.15, 0.2) is 5.60 Å². The molecule has 9 heteroatoms. The molecule has 2 heterocycles. The van der Waals surface area contributed by atoms with Crippen LogP contribution in [-0.2, 0) is 11.8 Å². The Balaban J connectivity index is 2.02. The number of hydrogen-bond donors (Lipinski definition) is 2. The van der Waals surface area contributed by atoms with Crippen molar-refractivity contribution < 1.29 is 27.4 Å². The van der Waals surface area contributed by atoms with Crippen molar-refractivity contribution in [3.8, 4) is 5.75 Å². The summed E-state index contributed by atoms with van der Waals surface area (Å²) in [6, 6.07) is 6.55. The van der Waals surface area contributed by atoms with Crippen LogP contribution in [0.4, 0.5) is 23.4 Å². The summed E-state index contributed by atoms with van der Waals surface area (Å²) in [6.45, 7) is 10.1. The maximum absolute atomic E-state index is 14.1. The molecule has 0 amide bonds. The van der Waals surface area contributed by atoms with Crippen LogP contribution < -0.4 is 4.74 Å². The van der Waals surface area contributed by atoms with Crippen molar-refractivity contribution in [2.24, 2.45) is 0 Å². The number of aliphatic hydroxyl groups is 1. The van der Waals surface area contributed by atoms with E-state index in [-0.39, 0.29) is 22.8 Å². The number of nitrogens with zero attached hydrogens (tertiary/aromatic N) is 2. The first-order valence-corrected chi connectivity index (χ1v) is 9.37. The van der Waals surface area contributed by atoms with E-state index in [1.165, 1.54) is 39.3 Å². The Kier molecular flexibility index (Phi) is 5.72. The molecule has 0 aliphatic carbocycles. The predicted molar refractivity (Wildman–Crippen MR) is 108 cm³/mol. The first kappa shape index (κ1) is 22.6. The smallest absolute Gasteiger partial charge is 0.417 e. The molecule has 0 saturated carbocycles. The minimum Gasteiger partial charge on any atom is -0.496 e. The van der Waals surface area contributed by atoms with E-state index in [9.17, 15) is 22.7 Å². The summed E-state index contributed by atoms with van der Waals surface area (Å²) < 4.78 is 61.2. The number of aromatic amines is 1. The number of H-pyrrole nitrogens is 1. The van der Waals surface area contributed by atoms with Gasteiger partial charge in [-0.1, -0.05) is 20.4 Å². The fraction of sp³-hybridized carbons (Fsp3) is 0.364. The van der Waals surface area contributed by atoms with Gasteiger partial charge >= 0.3 is 6.18 Å². The molecule has 0 radical (unpaired) electrons. The van der Waals surface area contributed by atoms with Gasteiger partial charge in [-0.05, 0) is 36.1 Å². The van der Waals surface area contributed by atoms with E-state index in [1.54, 1.807) is 6.07 Å². The molecule has 3 aromatic rings. The molecule has 2 aromatic heterocycles. The van der Waals surface area contributed by atoms with Crippen molar-refractivity contribution in [1.29, 1.82) is 0 Å².